The van der Waals surface area contributed by atoms with Crippen LogP contribution in [0, 0.1) is 5.92 Å². The Morgan fingerprint density at radius 3 is 2.29 bits per heavy atom. The van der Waals surface area contributed by atoms with Crippen LogP contribution in [-0.4, -0.2) is 52.5 Å². The zero-order valence-electron chi connectivity index (χ0n) is 19.3. The largest absolute Gasteiger partial charge is 0.478 e. The number of likely N-dealkylation sites (tertiary alicyclic amines) is 1. The fourth-order valence-electron chi connectivity index (χ4n) is 4.36. The Kier molecular flexibility index (Phi) is 9.40. The summed E-state index contributed by atoms with van der Waals surface area (Å²) >= 11 is 0. The number of ketones is 1. The number of aliphatic carboxylic acids is 2. The van der Waals surface area contributed by atoms with Crippen molar-refractivity contribution in [2.75, 3.05) is 25.0 Å². The van der Waals surface area contributed by atoms with Gasteiger partial charge in [-0.15, -0.1) is 0 Å². The van der Waals surface area contributed by atoms with Crippen molar-refractivity contribution < 1.29 is 24.6 Å². The van der Waals surface area contributed by atoms with Gasteiger partial charge >= 0.3 is 11.9 Å². The quantitative estimate of drug-likeness (QED) is 0.396. The van der Waals surface area contributed by atoms with Crippen LogP contribution in [0.4, 0.5) is 5.69 Å². The van der Waals surface area contributed by atoms with E-state index in [0.717, 1.165) is 50.3 Å². The third-order valence-electron chi connectivity index (χ3n) is 6.25. The molecular formula is C27H32N2O5. The zero-order chi connectivity index (χ0) is 24.3. The molecule has 2 heterocycles. The lowest BCUT2D eigenvalue weighted by molar-refractivity contribution is -0.134. The Balaban J connectivity index is 0.000000350. The van der Waals surface area contributed by atoms with Crippen LogP contribution in [-0.2, 0) is 22.6 Å². The molecule has 2 aliphatic rings. The van der Waals surface area contributed by atoms with Crippen molar-refractivity contribution in [3.63, 3.8) is 0 Å². The van der Waals surface area contributed by atoms with E-state index >= 15 is 0 Å². The van der Waals surface area contributed by atoms with Gasteiger partial charge < -0.3 is 15.5 Å². The molecule has 180 valence electrons. The molecule has 3 N–H and O–H groups in total. The molecule has 0 spiro atoms. The Labute approximate surface area is 200 Å². The van der Waals surface area contributed by atoms with E-state index < -0.39 is 11.9 Å². The van der Waals surface area contributed by atoms with Crippen molar-refractivity contribution in [3.8, 4) is 0 Å². The van der Waals surface area contributed by atoms with Crippen LogP contribution in [0.2, 0.25) is 0 Å². The van der Waals surface area contributed by atoms with Crippen molar-refractivity contribution in [1.29, 1.82) is 0 Å². The van der Waals surface area contributed by atoms with Crippen LogP contribution in [0.15, 0.2) is 60.7 Å². The molecule has 0 saturated carbocycles. The molecule has 2 aromatic rings. The Morgan fingerprint density at radius 2 is 1.65 bits per heavy atom. The first-order chi connectivity index (χ1) is 16.4. The maximum absolute atomic E-state index is 12.6. The van der Waals surface area contributed by atoms with Crippen LogP contribution in [0.25, 0.3) is 0 Å². The van der Waals surface area contributed by atoms with Crippen LogP contribution < -0.4 is 5.32 Å². The minimum atomic E-state index is -1.26. The fraction of sp³-hybridized carbons (Fsp3) is 0.370. The first kappa shape index (κ1) is 25.2. The molecule has 1 saturated heterocycles. The predicted molar refractivity (Wildman–Crippen MR) is 131 cm³/mol. The van der Waals surface area contributed by atoms with Crippen LogP contribution >= 0.6 is 0 Å². The summed E-state index contributed by atoms with van der Waals surface area (Å²) < 4.78 is 0. The summed E-state index contributed by atoms with van der Waals surface area (Å²) in [5.41, 5.74) is 4.77. The fourth-order valence-corrected chi connectivity index (χ4v) is 4.36. The number of nitrogens with zero attached hydrogens (tertiary/aromatic N) is 1. The van der Waals surface area contributed by atoms with Crippen LogP contribution in [0.5, 0.6) is 0 Å². The zero-order valence-corrected chi connectivity index (χ0v) is 19.3. The molecule has 0 aliphatic carbocycles. The highest BCUT2D eigenvalue weighted by Crippen LogP contribution is 2.26. The molecule has 2 aromatic carbocycles. The van der Waals surface area contributed by atoms with E-state index in [-0.39, 0.29) is 0 Å². The average molecular weight is 465 g/mol. The van der Waals surface area contributed by atoms with E-state index in [1.54, 1.807) is 0 Å². The third kappa shape index (κ3) is 8.15. The SMILES string of the molecule is O=C(CCC1CCN(Cc2ccccc2)CC1)c1ccc2c(c1)NCC2.O=C(O)C=CC(=O)O. The van der Waals surface area contributed by atoms with Gasteiger partial charge in [0.25, 0.3) is 0 Å². The number of carboxylic acids is 2. The van der Waals surface area contributed by atoms with Crippen molar-refractivity contribution in [2.24, 2.45) is 5.92 Å². The number of rotatable bonds is 8. The highest BCUT2D eigenvalue weighted by Gasteiger charge is 2.21. The number of Topliss-reactive ketones (excluding diaryl/α,β-unsaturated/α-hetero) is 1. The number of carboxylic acid groups (broad SMARTS) is 2. The minimum absolute atomic E-state index is 0.299. The summed E-state index contributed by atoms with van der Waals surface area (Å²) in [6.07, 6.45) is 6.33. The molecule has 1 fully saturated rings. The summed E-state index contributed by atoms with van der Waals surface area (Å²) in [7, 11) is 0. The van der Waals surface area contributed by atoms with Crippen molar-refractivity contribution in [3.05, 3.63) is 77.4 Å². The molecule has 34 heavy (non-hydrogen) atoms. The van der Waals surface area contributed by atoms with Crippen molar-refractivity contribution >= 4 is 23.4 Å². The second-order valence-corrected chi connectivity index (χ2v) is 8.73. The number of hydrogen-bond donors (Lipinski definition) is 3. The first-order valence-corrected chi connectivity index (χ1v) is 11.7. The van der Waals surface area contributed by atoms with Gasteiger partial charge in [0.1, 0.15) is 0 Å². The molecule has 0 radical (unpaired) electrons. The molecule has 2 aliphatic heterocycles. The number of carbonyl (C=O) groups is 3. The molecule has 0 unspecified atom stereocenters. The van der Waals surface area contributed by atoms with Gasteiger partial charge in [0.15, 0.2) is 5.78 Å². The van der Waals surface area contributed by atoms with Crippen molar-refractivity contribution in [2.45, 2.75) is 38.6 Å². The lowest BCUT2D eigenvalue weighted by Crippen LogP contribution is -2.33. The highest BCUT2D eigenvalue weighted by atomic mass is 16.4. The lowest BCUT2D eigenvalue weighted by atomic mass is 9.90. The topological polar surface area (TPSA) is 107 Å². The monoisotopic (exact) mass is 464 g/mol. The van der Waals surface area contributed by atoms with Gasteiger partial charge in [-0.25, -0.2) is 9.59 Å². The summed E-state index contributed by atoms with van der Waals surface area (Å²) in [5.74, 6) is -1.52. The van der Waals surface area contributed by atoms with Crippen molar-refractivity contribution in [1.82, 2.24) is 4.90 Å². The number of anilines is 1. The maximum Gasteiger partial charge on any atom is 0.328 e. The highest BCUT2D eigenvalue weighted by molar-refractivity contribution is 5.97. The number of piperidine rings is 1. The molecule has 0 amide bonds. The Hall–Kier alpha value is -3.45. The van der Waals surface area contributed by atoms with Gasteiger partial charge in [-0.3, -0.25) is 9.69 Å². The smallest absolute Gasteiger partial charge is 0.328 e. The molecular weight excluding hydrogens is 432 g/mol. The number of hydrogen-bond acceptors (Lipinski definition) is 5. The summed E-state index contributed by atoms with van der Waals surface area (Å²) in [6.45, 7) is 4.34. The van der Waals surface area contributed by atoms with Crippen LogP contribution in [0.1, 0.15) is 47.2 Å². The second kappa shape index (κ2) is 12.7. The van der Waals surface area contributed by atoms with E-state index in [0.29, 0.717) is 30.3 Å². The molecule has 0 aromatic heterocycles. The Morgan fingerprint density at radius 1 is 0.971 bits per heavy atom. The first-order valence-electron chi connectivity index (χ1n) is 11.7. The van der Waals surface area contributed by atoms with Gasteiger partial charge in [0, 0.05) is 42.9 Å². The predicted octanol–water partition coefficient (Wildman–Crippen LogP) is 4.24. The van der Waals surface area contributed by atoms with E-state index in [1.165, 1.54) is 24.0 Å². The van der Waals surface area contributed by atoms with E-state index in [9.17, 15) is 14.4 Å². The number of carbonyl (C=O) groups excluding carboxylic acids is 1. The summed E-state index contributed by atoms with van der Waals surface area (Å²) in [6, 6.07) is 16.9. The normalized spacial score (nSPS) is 15.8. The second-order valence-electron chi connectivity index (χ2n) is 8.73. The van der Waals surface area contributed by atoms with E-state index in [2.05, 4.69) is 46.6 Å². The van der Waals surface area contributed by atoms with E-state index in [4.69, 9.17) is 10.2 Å². The minimum Gasteiger partial charge on any atom is -0.478 e. The van der Waals surface area contributed by atoms with Gasteiger partial charge in [-0.1, -0.05) is 42.5 Å². The number of fused-ring (bicyclic) bond motifs is 1. The standard InChI is InChI=1S/C23H28N2O.C4H4O4/c26-23(21-8-7-20-10-13-24-22(20)16-21)9-6-18-11-14-25(15-12-18)17-19-4-2-1-3-5-19;5-3(6)1-2-4(7)8/h1-5,7-8,16,18,24H,6,9-15,17H2;1-2H,(H,5,6)(H,7,8). The van der Waals surface area contributed by atoms with Gasteiger partial charge in [-0.2, -0.15) is 0 Å². The molecule has 0 bridgehead atoms. The molecule has 4 rings (SSSR count). The third-order valence-corrected chi connectivity index (χ3v) is 6.25. The van der Waals surface area contributed by atoms with Gasteiger partial charge in [-0.05, 0) is 61.9 Å². The van der Waals surface area contributed by atoms with Gasteiger partial charge in [0.2, 0.25) is 0 Å². The van der Waals surface area contributed by atoms with Gasteiger partial charge in [0.05, 0.1) is 0 Å². The number of benzene rings is 2. The average Bonchev–Trinajstić information content (AvgIpc) is 3.31. The van der Waals surface area contributed by atoms with E-state index in [1.807, 2.05) is 12.1 Å². The summed E-state index contributed by atoms with van der Waals surface area (Å²) in [4.78, 5) is 34.2. The Bertz CT molecular complexity index is 995. The number of nitrogens with one attached hydrogen (secondary N) is 1. The van der Waals surface area contributed by atoms with Crippen LogP contribution in [0.3, 0.4) is 0 Å². The molecule has 7 heteroatoms. The maximum atomic E-state index is 12.6. The summed E-state index contributed by atoms with van der Waals surface area (Å²) in [5, 5.41) is 19.0. The molecule has 7 nitrogen and oxygen atoms in total. The lowest BCUT2D eigenvalue weighted by Gasteiger charge is -2.32. The molecule has 0 atom stereocenters.